The van der Waals surface area contributed by atoms with Gasteiger partial charge in [-0.25, -0.2) is 0 Å². The van der Waals surface area contributed by atoms with Crippen LogP contribution in [0.1, 0.15) is 30.0 Å². The van der Waals surface area contributed by atoms with Gasteiger partial charge < -0.3 is 10.1 Å². The Morgan fingerprint density at radius 1 is 1.36 bits per heavy atom. The molecule has 2 heteroatoms. The quantitative estimate of drug-likeness (QED) is 0.730. The van der Waals surface area contributed by atoms with Crippen molar-refractivity contribution in [1.29, 1.82) is 0 Å². The number of hydrogen-bond acceptors (Lipinski definition) is 2. The molecule has 2 aliphatic heterocycles. The molecule has 2 heterocycles. The summed E-state index contributed by atoms with van der Waals surface area (Å²) in [5.74, 6) is 1.11. The number of nitrogens with one attached hydrogen (secondary N) is 1. The summed E-state index contributed by atoms with van der Waals surface area (Å²) < 4.78 is 5.57. The number of hydrogen-bond donors (Lipinski definition) is 1. The van der Waals surface area contributed by atoms with Gasteiger partial charge in [0.15, 0.2) is 0 Å². The van der Waals surface area contributed by atoms with E-state index in [2.05, 4.69) is 23.5 Å². The highest BCUT2D eigenvalue weighted by Gasteiger charge is 2.19. The van der Waals surface area contributed by atoms with Crippen LogP contribution in [0.5, 0.6) is 5.75 Å². The number of fused-ring (bicyclic) bond motifs is 1. The first-order valence-electron chi connectivity index (χ1n) is 5.42. The average molecular weight is 189 g/mol. The third-order valence-electron chi connectivity index (χ3n) is 3.18. The summed E-state index contributed by atoms with van der Waals surface area (Å²) >= 11 is 0. The molecular weight excluding hydrogens is 174 g/mol. The molecule has 1 atom stereocenters. The predicted molar refractivity (Wildman–Crippen MR) is 55.6 cm³/mol. The Bertz CT molecular complexity index is 342. The van der Waals surface area contributed by atoms with Crippen LogP contribution in [0.25, 0.3) is 0 Å². The first kappa shape index (κ1) is 8.30. The van der Waals surface area contributed by atoms with Crippen molar-refractivity contribution < 1.29 is 4.74 Å². The Labute approximate surface area is 84.3 Å². The Kier molecular flexibility index (Phi) is 1.95. The maximum atomic E-state index is 5.57. The number of benzene rings is 1. The fourth-order valence-electron chi connectivity index (χ4n) is 2.37. The third kappa shape index (κ3) is 1.30. The fourth-order valence-corrected chi connectivity index (χ4v) is 2.37. The SMILES string of the molecule is c1cc2c(cc1[C@@H]1CCCN1)OCC2. The van der Waals surface area contributed by atoms with Crippen LogP contribution in [0, 0.1) is 0 Å². The highest BCUT2D eigenvalue weighted by atomic mass is 16.5. The maximum absolute atomic E-state index is 5.57. The zero-order valence-corrected chi connectivity index (χ0v) is 8.25. The molecule has 2 aliphatic rings. The smallest absolute Gasteiger partial charge is 0.122 e. The van der Waals surface area contributed by atoms with E-state index >= 15 is 0 Å². The van der Waals surface area contributed by atoms with E-state index < -0.39 is 0 Å². The van der Waals surface area contributed by atoms with Crippen LogP contribution < -0.4 is 10.1 Å². The van der Waals surface area contributed by atoms with Gasteiger partial charge in [-0.2, -0.15) is 0 Å². The lowest BCUT2D eigenvalue weighted by Crippen LogP contribution is -2.12. The van der Waals surface area contributed by atoms with Crippen LogP contribution in [0.3, 0.4) is 0 Å². The zero-order chi connectivity index (χ0) is 9.38. The van der Waals surface area contributed by atoms with Crippen LogP contribution in [0.4, 0.5) is 0 Å². The lowest BCUT2D eigenvalue weighted by Gasteiger charge is -2.11. The van der Waals surface area contributed by atoms with Crippen LogP contribution in [0.2, 0.25) is 0 Å². The normalized spacial score (nSPS) is 24.7. The number of ether oxygens (including phenoxy) is 1. The van der Waals surface area contributed by atoms with Crippen molar-refractivity contribution >= 4 is 0 Å². The molecule has 0 spiro atoms. The van der Waals surface area contributed by atoms with Gasteiger partial charge in [0.1, 0.15) is 5.75 Å². The highest BCUT2D eigenvalue weighted by molar-refractivity contribution is 5.41. The number of rotatable bonds is 1. The van der Waals surface area contributed by atoms with Crippen molar-refractivity contribution in [2.75, 3.05) is 13.2 Å². The molecule has 0 aromatic heterocycles. The van der Waals surface area contributed by atoms with Gasteiger partial charge in [-0.1, -0.05) is 12.1 Å². The largest absolute Gasteiger partial charge is 0.493 e. The molecule has 0 unspecified atom stereocenters. The highest BCUT2D eigenvalue weighted by Crippen LogP contribution is 2.31. The van der Waals surface area contributed by atoms with Gasteiger partial charge in [-0.05, 0) is 36.6 Å². The second-order valence-corrected chi connectivity index (χ2v) is 4.11. The minimum absolute atomic E-state index is 0.560. The summed E-state index contributed by atoms with van der Waals surface area (Å²) in [6, 6.07) is 7.24. The molecule has 1 fully saturated rings. The van der Waals surface area contributed by atoms with Crippen molar-refractivity contribution in [3.8, 4) is 5.75 Å². The molecule has 74 valence electrons. The molecular formula is C12H15NO. The molecule has 0 amide bonds. The molecule has 1 aromatic rings. The minimum atomic E-state index is 0.560. The molecule has 14 heavy (non-hydrogen) atoms. The molecule has 3 rings (SSSR count). The maximum Gasteiger partial charge on any atom is 0.122 e. The summed E-state index contributed by atoms with van der Waals surface area (Å²) in [5, 5.41) is 3.51. The molecule has 0 radical (unpaired) electrons. The minimum Gasteiger partial charge on any atom is -0.493 e. The van der Waals surface area contributed by atoms with E-state index in [1.165, 1.54) is 24.0 Å². The van der Waals surface area contributed by atoms with Gasteiger partial charge in [0.05, 0.1) is 6.61 Å². The van der Waals surface area contributed by atoms with Gasteiger partial charge in [-0.3, -0.25) is 0 Å². The third-order valence-corrected chi connectivity index (χ3v) is 3.18. The summed E-state index contributed by atoms with van der Waals surface area (Å²) in [6.45, 7) is 2.01. The Morgan fingerprint density at radius 2 is 2.36 bits per heavy atom. The van der Waals surface area contributed by atoms with E-state index in [-0.39, 0.29) is 0 Å². The fraction of sp³-hybridized carbons (Fsp3) is 0.500. The first-order chi connectivity index (χ1) is 6.93. The van der Waals surface area contributed by atoms with Gasteiger partial charge in [0.25, 0.3) is 0 Å². The second-order valence-electron chi connectivity index (χ2n) is 4.11. The molecule has 0 aliphatic carbocycles. The van der Waals surface area contributed by atoms with Crippen LogP contribution in [-0.2, 0) is 6.42 Å². The molecule has 0 saturated carbocycles. The van der Waals surface area contributed by atoms with Gasteiger partial charge in [-0.15, -0.1) is 0 Å². The Balaban J connectivity index is 1.91. The molecule has 1 N–H and O–H groups in total. The van der Waals surface area contributed by atoms with Gasteiger partial charge in [0, 0.05) is 12.5 Å². The van der Waals surface area contributed by atoms with Crippen molar-refractivity contribution in [1.82, 2.24) is 5.32 Å². The second kappa shape index (κ2) is 3.28. The first-order valence-corrected chi connectivity index (χ1v) is 5.42. The Morgan fingerprint density at radius 3 is 3.21 bits per heavy atom. The van der Waals surface area contributed by atoms with E-state index in [0.717, 1.165) is 25.3 Å². The van der Waals surface area contributed by atoms with Gasteiger partial charge >= 0.3 is 0 Å². The van der Waals surface area contributed by atoms with Crippen molar-refractivity contribution in [2.24, 2.45) is 0 Å². The summed E-state index contributed by atoms with van der Waals surface area (Å²) in [6.07, 6.45) is 3.63. The molecule has 0 bridgehead atoms. The van der Waals surface area contributed by atoms with Gasteiger partial charge in [0.2, 0.25) is 0 Å². The summed E-state index contributed by atoms with van der Waals surface area (Å²) in [5.41, 5.74) is 2.76. The van der Waals surface area contributed by atoms with Crippen LogP contribution in [0.15, 0.2) is 18.2 Å². The Hall–Kier alpha value is -1.02. The van der Waals surface area contributed by atoms with Crippen molar-refractivity contribution in [3.63, 3.8) is 0 Å². The van der Waals surface area contributed by atoms with Crippen LogP contribution >= 0.6 is 0 Å². The lowest BCUT2D eigenvalue weighted by atomic mass is 10.0. The van der Waals surface area contributed by atoms with E-state index in [0.29, 0.717) is 6.04 Å². The molecule has 2 nitrogen and oxygen atoms in total. The molecule has 1 aromatic carbocycles. The van der Waals surface area contributed by atoms with E-state index in [1.54, 1.807) is 0 Å². The lowest BCUT2D eigenvalue weighted by molar-refractivity contribution is 0.356. The predicted octanol–water partition coefficient (Wildman–Crippen LogP) is 2.05. The van der Waals surface area contributed by atoms with Crippen molar-refractivity contribution in [2.45, 2.75) is 25.3 Å². The van der Waals surface area contributed by atoms with E-state index in [9.17, 15) is 0 Å². The van der Waals surface area contributed by atoms with Crippen LogP contribution in [-0.4, -0.2) is 13.2 Å². The van der Waals surface area contributed by atoms with Crippen molar-refractivity contribution in [3.05, 3.63) is 29.3 Å². The monoisotopic (exact) mass is 189 g/mol. The topological polar surface area (TPSA) is 21.3 Å². The standard InChI is InChI=1S/C12H15NO/c1-2-11(13-6-1)10-4-3-9-5-7-14-12(9)8-10/h3-4,8,11,13H,1-2,5-7H2/t11-/m0/s1. The average Bonchev–Trinajstić information content (AvgIpc) is 2.88. The summed E-state index contributed by atoms with van der Waals surface area (Å²) in [7, 11) is 0. The zero-order valence-electron chi connectivity index (χ0n) is 8.25. The van der Waals surface area contributed by atoms with E-state index in [4.69, 9.17) is 4.74 Å². The molecule has 1 saturated heterocycles. The summed E-state index contributed by atoms with van der Waals surface area (Å²) in [4.78, 5) is 0. The van der Waals surface area contributed by atoms with E-state index in [1.807, 2.05) is 0 Å².